The van der Waals surface area contributed by atoms with Gasteiger partial charge in [0.25, 0.3) is 0 Å². The van der Waals surface area contributed by atoms with Crippen LogP contribution >= 0.6 is 23.4 Å². The third kappa shape index (κ3) is 5.11. The van der Waals surface area contributed by atoms with E-state index >= 15 is 0 Å². The van der Waals surface area contributed by atoms with Crippen LogP contribution in [0.1, 0.15) is 5.56 Å². The molecule has 3 aromatic rings. The monoisotopic (exact) mass is 470 g/mol. The average molecular weight is 471 g/mol. The summed E-state index contributed by atoms with van der Waals surface area (Å²) in [5.41, 5.74) is 2.82. The minimum Gasteiger partial charge on any atom is -0.497 e. The molecule has 4 rings (SSSR count). The van der Waals surface area contributed by atoms with E-state index in [0.717, 1.165) is 33.1 Å². The number of methoxy groups -OCH3 is 2. The summed E-state index contributed by atoms with van der Waals surface area (Å²) in [6.45, 7) is 0.415. The Morgan fingerprint density at radius 3 is 2.75 bits per heavy atom. The SMILES string of the molecule is COc1ccc(OC)c(-c2cc(Cl)c3c(c2)C[C@H](CNC(=O)CSc2ccncc2)O3)c1. The zero-order valence-corrected chi connectivity index (χ0v) is 19.3. The summed E-state index contributed by atoms with van der Waals surface area (Å²) in [7, 11) is 3.26. The summed E-state index contributed by atoms with van der Waals surface area (Å²) >= 11 is 8.02. The molecule has 2 aromatic carbocycles. The van der Waals surface area contributed by atoms with E-state index in [-0.39, 0.29) is 12.0 Å². The van der Waals surface area contributed by atoms with Crippen molar-refractivity contribution in [3.05, 3.63) is 65.4 Å². The summed E-state index contributed by atoms with van der Waals surface area (Å²) in [6.07, 6.45) is 3.92. The molecule has 0 aliphatic carbocycles. The number of halogens is 1. The molecular weight excluding hydrogens is 448 g/mol. The standard InChI is InChI=1S/C24H23ClN2O4S/c1-29-17-3-4-22(30-2)20(12-17)15-9-16-10-18(31-24(16)21(25)11-15)13-27-23(28)14-32-19-5-7-26-8-6-19/h3-9,11-12,18H,10,13-14H2,1-2H3,(H,27,28)/t18-/m1/s1. The fraction of sp³-hybridized carbons (Fsp3) is 0.250. The number of nitrogens with one attached hydrogen (secondary N) is 1. The van der Waals surface area contributed by atoms with Gasteiger partial charge in [0, 0.05) is 34.8 Å². The number of carbonyl (C=O) groups excluding carboxylic acids is 1. The van der Waals surface area contributed by atoms with Crippen molar-refractivity contribution in [2.45, 2.75) is 17.4 Å². The van der Waals surface area contributed by atoms with Crippen molar-refractivity contribution in [3.8, 4) is 28.4 Å². The van der Waals surface area contributed by atoms with Gasteiger partial charge in [-0.3, -0.25) is 9.78 Å². The molecule has 0 saturated carbocycles. The van der Waals surface area contributed by atoms with E-state index in [1.54, 1.807) is 26.6 Å². The summed E-state index contributed by atoms with van der Waals surface area (Å²) in [5.74, 6) is 2.43. The fourth-order valence-corrected chi connectivity index (χ4v) is 4.56. The second-order valence-corrected chi connectivity index (χ2v) is 8.69. The van der Waals surface area contributed by atoms with Crippen LogP contribution in [0.2, 0.25) is 5.02 Å². The number of aromatic nitrogens is 1. The first-order chi connectivity index (χ1) is 15.6. The molecule has 2 heterocycles. The molecule has 8 heteroatoms. The Balaban J connectivity index is 1.41. The highest BCUT2D eigenvalue weighted by atomic mass is 35.5. The Morgan fingerprint density at radius 2 is 2.00 bits per heavy atom. The minimum atomic E-state index is -0.167. The van der Waals surface area contributed by atoms with E-state index in [9.17, 15) is 4.79 Å². The molecule has 0 unspecified atom stereocenters. The molecule has 0 bridgehead atoms. The maximum absolute atomic E-state index is 12.2. The van der Waals surface area contributed by atoms with Crippen molar-refractivity contribution in [1.29, 1.82) is 0 Å². The topological polar surface area (TPSA) is 69.7 Å². The van der Waals surface area contributed by atoms with Crippen LogP contribution in [0.25, 0.3) is 11.1 Å². The number of ether oxygens (including phenoxy) is 3. The highest BCUT2D eigenvalue weighted by Crippen LogP contribution is 2.42. The van der Waals surface area contributed by atoms with Gasteiger partial charge in [-0.05, 0) is 48.0 Å². The predicted molar refractivity (Wildman–Crippen MR) is 126 cm³/mol. The van der Waals surface area contributed by atoms with Gasteiger partial charge in [0.05, 0.1) is 31.5 Å². The molecule has 1 aromatic heterocycles. The molecule has 0 fully saturated rings. The number of amides is 1. The largest absolute Gasteiger partial charge is 0.497 e. The molecule has 0 saturated heterocycles. The van der Waals surface area contributed by atoms with Crippen molar-refractivity contribution in [3.63, 3.8) is 0 Å². The summed E-state index contributed by atoms with van der Waals surface area (Å²) in [4.78, 5) is 17.2. The number of carbonyl (C=O) groups is 1. The first-order valence-electron chi connectivity index (χ1n) is 10.1. The quantitative estimate of drug-likeness (QED) is 0.484. The molecule has 1 N–H and O–H groups in total. The number of pyridine rings is 1. The molecule has 0 spiro atoms. The number of rotatable bonds is 8. The van der Waals surface area contributed by atoms with Crippen molar-refractivity contribution >= 4 is 29.3 Å². The second-order valence-electron chi connectivity index (χ2n) is 7.23. The first kappa shape index (κ1) is 22.3. The second kappa shape index (κ2) is 10.1. The maximum atomic E-state index is 12.2. The van der Waals surface area contributed by atoms with E-state index in [1.807, 2.05) is 36.4 Å². The van der Waals surface area contributed by atoms with E-state index in [0.29, 0.717) is 29.5 Å². The van der Waals surface area contributed by atoms with E-state index in [2.05, 4.69) is 16.4 Å². The van der Waals surface area contributed by atoms with Crippen molar-refractivity contribution in [2.75, 3.05) is 26.5 Å². The number of thioether (sulfide) groups is 1. The van der Waals surface area contributed by atoms with Gasteiger partial charge < -0.3 is 19.5 Å². The number of hydrogen-bond acceptors (Lipinski definition) is 6. The van der Waals surface area contributed by atoms with Crippen LogP contribution in [0.4, 0.5) is 0 Å². The lowest BCUT2D eigenvalue weighted by Gasteiger charge is -2.13. The van der Waals surface area contributed by atoms with Crippen LogP contribution in [0, 0.1) is 0 Å². The molecular formula is C24H23ClN2O4S. The third-order valence-electron chi connectivity index (χ3n) is 5.12. The predicted octanol–water partition coefficient (Wildman–Crippen LogP) is 4.63. The number of hydrogen-bond donors (Lipinski definition) is 1. The van der Waals surface area contributed by atoms with Gasteiger partial charge in [0.2, 0.25) is 5.91 Å². The maximum Gasteiger partial charge on any atom is 0.230 e. The van der Waals surface area contributed by atoms with Gasteiger partial charge in [-0.1, -0.05) is 11.6 Å². The lowest BCUT2D eigenvalue weighted by molar-refractivity contribution is -0.118. The summed E-state index contributed by atoms with van der Waals surface area (Å²) < 4.78 is 16.9. The fourth-order valence-electron chi connectivity index (χ4n) is 3.56. The van der Waals surface area contributed by atoms with Crippen LogP contribution < -0.4 is 19.5 Å². The molecule has 32 heavy (non-hydrogen) atoms. The van der Waals surface area contributed by atoms with Gasteiger partial charge >= 0.3 is 0 Å². The van der Waals surface area contributed by atoms with E-state index in [4.69, 9.17) is 25.8 Å². The van der Waals surface area contributed by atoms with Gasteiger partial charge in [0.15, 0.2) is 0 Å². The molecule has 166 valence electrons. The Labute approximate surface area is 196 Å². The third-order valence-corrected chi connectivity index (χ3v) is 6.41. The van der Waals surface area contributed by atoms with Crippen molar-refractivity contribution < 1.29 is 19.0 Å². The normalized spacial score (nSPS) is 14.4. The van der Waals surface area contributed by atoms with Crippen LogP contribution in [-0.2, 0) is 11.2 Å². The molecule has 1 aliphatic rings. The Hall–Kier alpha value is -2.90. The van der Waals surface area contributed by atoms with Gasteiger partial charge in [-0.15, -0.1) is 11.8 Å². The van der Waals surface area contributed by atoms with Crippen molar-refractivity contribution in [1.82, 2.24) is 10.3 Å². The first-order valence-corrected chi connectivity index (χ1v) is 11.4. The molecule has 1 aliphatic heterocycles. The van der Waals surface area contributed by atoms with Gasteiger partial charge in [-0.2, -0.15) is 0 Å². The molecule has 1 amide bonds. The van der Waals surface area contributed by atoms with Crippen LogP contribution in [0.15, 0.2) is 59.8 Å². The molecule has 1 atom stereocenters. The van der Waals surface area contributed by atoms with Crippen LogP contribution in [0.3, 0.4) is 0 Å². The highest BCUT2D eigenvalue weighted by Gasteiger charge is 2.27. The molecule has 0 radical (unpaired) electrons. The Kier molecular flexibility index (Phi) is 7.07. The van der Waals surface area contributed by atoms with Crippen LogP contribution in [-0.4, -0.2) is 43.5 Å². The Bertz CT molecular complexity index is 1110. The number of benzene rings is 2. The number of fused-ring (bicyclic) bond motifs is 1. The Morgan fingerprint density at radius 1 is 1.19 bits per heavy atom. The zero-order valence-electron chi connectivity index (χ0n) is 17.8. The van der Waals surface area contributed by atoms with E-state index < -0.39 is 0 Å². The highest BCUT2D eigenvalue weighted by molar-refractivity contribution is 8.00. The van der Waals surface area contributed by atoms with Gasteiger partial charge in [0.1, 0.15) is 23.4 Å². The molecule has 6 nitrogen and oxygen atoms in total. The smallest absolute Gasteiger partial charge is 0.230 e. The van der Waals surface area contributed by atoms with Crippen molar-refractivity contribution in [2.24, 2.45) is 0 Å². The lowest BCUT2D eigenvalue weighted by atomic mass is 9.99. The minimum absolute atomic E-state index is 0.0423. The number of nitrogens with zero attached hydrogens (tertiary/aromatic N) is 1. The summed E-state index contributed by atoms with van der Waals surface area (Å²) in [6, 6.07) is 13.3. The summed E-state index contributed by atoms with van der Waals surface area (Å²) in [5, 5.41) is 3.48. The zero-order chi connectivity index (χ0) is 22.5. The van der Waals surface area contributed by atoms with Gasteiger partial charge in [-0.25, -0.2) is 0 Å². The average Bonchev–Trinajstić information content (AvgIpc) is 3.25. The van der Waals surface area contributed by atoms with Crippen LogP contribution in [0.5, 0.6) is 17.2 Å². The lowest BCUT2D eigenvalue weighted by Crippen LogP contribution is -2.35. The van der Waals surface area contributed by atoms with E-state index in [1.165, 1.54) is 11.8 Å².